The van der Waals surface area contributed by atoms with Crippen molar-refractivity contribution in [3.8, 4) is 0 Å². The minimum absolute atomic E-state index is 0.0218. The lowest BCUT2D eigenvalue weighted by atomic mass is 10.1. The fourth-order valence-electron chi connectivity index (χ4n) is 1.75. The van der Waals surface area contributed by atoms with E-state index in [0.717, 1.165) is 19.5 Å². The molecule has 1 rings (SSSR count). The van der Waals surface area contributed by atoms with Gasteiger partial charge in [0.1, 0.15) is 0 Å². The van der Waals surface area contributed by atoms with Crippen LogP contribution in [0.5, 0.6) is 0 Å². The van der Waals surface area contributed by atoms with E-state index in [2.05, 4.69) is 13.8 Å². The SMILES string of the molecule is CCN(CC)C(=O)[C@@]1(C)C[C@H]1C. The average molecular weight is 169 g/mol. The van der Waals surface area contributed by atoms with Gasteiger partial charge in [-0.2, -0.15) is 0 Å². The van der Waals surface area contributed by atoms with Crippen molar-refractivity contribution >= 4 is 5.91 Å². The highest BCUT2D eigenvalue weighted by molar-refractivity contribution is 5.85. The van der Waals surface area contributed by atoms with E-state index in [0.29, 0.717) is 11.8 Å². The van der Waals surface area contributed by atoms with Crippen LogP contribution in [-0.2, 0) is 4.79 Å². The van der Waals surface area contributed by atoms with Crippen LogP contribution >= 0.6 is 0 Å². The minimum Gasteiger partial charge on any atom is -0.343 e. The molecule has 2 atom stereocenters. The molecule has 0 aromatic heterocycles. The highest BCUT2D eigenvalue weighted by Gasteiger charge is 2.54. The highest BCUT2D eigenvalue weighted by atomic mass is 16.2. The zero-order valence-corrected chi connectivity index (χ0v) is 8.55. The van der Waals surface area contributed by atoms with Gasteiger partial charge < -0.3 is 4.90 Å². The Bertz CT molecular complexity index is 186. The van der Waals surface area contributed by atoms with Crippen LogP contribution in [0, 0.1) is 11.3 Å². The van der Waals surface area contributed by atoms with Gasteiger partial charge in [0.05, 0.1) is 0 Å². The zero-order chi connectivity index (χ0) is 9.35. The molecule has 0 aliphatic heterocycles. The Balaban J connectivity index is 2.58. The van der Waals surface area contributed by atoms with Crippen LogP contribution < -0.4 is 0 Å². The topological polar surface area (TPSA) is 20.3 Å². The fourth-order valence-corrected chi connectivity index (χ4v) is 1.75. The number of hydrogen-bond acceptors (Lipinski definition) is 1. The monoisotopic (exact) mass is 169 g/mol. The maximum Gasteiger partial charge on any atom is 0.228 e. The van der Waals surface area contributed by atoms with Crippen molar-refractivity contribution in [1.29, 1.82) is 0 Å². The molecule has 1 aliphatic carbocycles. The van der Waals surface area contributed by atoms with E-state index >= 15 is 0 Å². The molecule has 0 aromatic carbocycles. The Labute approximate surface area is 74.9 Å². The van der Waals surface area contributed by atoms with E-state index in [-0.39, 0.29) is 5.41 Å². The first kappa shape index (κ1) is 9.56. The van der Waals surface area contributed by atoms with Gasteiger partial charge in [-0.1, -0.05) is 13.8 Å². The molecule has 2 nitrogen and oxygen atoms in total. The van der Waals surface area contributed by atoms with Crippen molar-refractivity contribution in [2.24, 2.45) is 11.3 Å². The highest BCUT2D eigenvalue weighted by Crippen LogP contribution is 2.52. The van der Waals surface area contributed by atoms with Gasteiger partial charge in [0.15, 0.2) is 0 Å². The summed E-state index contributed by atoms with van der Waals surface area (Å²) in [6.45, 7) is 10.0. The van der Waals surface area contributed by atoms with Gasteiger partial charge in [0, 0.05) is 18.5 Å². The first-order valence-electron chi connectivity index (χ1n) is 4.85. The van der Waals surface area contributed by atoms with Crippen LogP contribution in [0.25, 0.3) is 0 Å². The molecule has 0 spiro atoms. The number of amides is 1. The van der Waals surface area contributed by atoms with Gasteiger partial charge in [-0.3, -0.25) is 4.79 Å². The molecule has 0 radical (unpaired) electrons. The van der Waals surface area contributed by atoms with E-state index in [1.807, 2.05) is 18.7 Å². The van der Waals surface area contributed by atoms with Crippen LogP contribution in [-0.4, -0.2) is 23.9 Å². The van der Waals surface area contributed by atoms with Crippen LogP contribution in [0.15, 0.2) is 0 Å². The third kappa shape index (κ3) is 1.35. The van der Waals surface area contributed by atoms with Crippen LogP contribution in [0.1, 0.15) is 34.1 Å². The summed E-state index contributed by atoms with van der Waals surface area (Å²) < 4.78 is 0. The Kier molecular flexibility index (Phi) is 2.45. The summed E-state index contributed by atoms with van der Waals surface area (Å²) in [7, 11) is 0. The molecule has 0 N–H and O–H groups in total. The molecule has 0 saturated heterocycles. The second-order valence-electron chi connectivity index (χ2n) is 4.00. The fraction of sp³-hybridized carbons (Fsp3) is 0.900. The molecule has 12 heavy (non-hydrogen) atoms. The molecule has 0 bridgehead atoms. The minimum atomic E-state index is -0.0218. The largest absolute Gasteiger partial charge is 0.343 e. The lowest BCUT2D eigenvalue weighted by Crippen LogP contribution is -2.36. The molecule has 1 amide bonds. The first-order valence-corrected chi connectivity index (χ1v) is 4.85. The standard InChI is InChI=1S/C10H19NO/c1-5-11(6-2)9(12)10(4)7-8(10)3/h8H,5-7H2,1-4H3/t8-,10+/m1/s1. The van der Waals surface area contributed by atoms with E-state index < -0.39 is 0 Å². The lowest BCUT2D eigenvalue weighted by Gasteiger charge is -2.22. The summed E-state index contributed by atoms with van der Waals surface area (Å²) in [5.41, 5.74) is -0.0218. The molecular formula is C10H19NO. The third-order valence-electron chi connectivity index (χ3n) is 3.20. The maximum atomic E-state index is 11.8. The molecule has 1 fully saturated rings. The summed E-state index contributed by atoms with van der Waals surface area (Å²) in [4.78, 5) is 13.8. The van der Waals surface area contributed by atoms with Gasteiger partial charge >= 0.3 is 0 Å². The van der Waals surface area contributed by atoms with Crippen molar-refractivity contribution in [1.82, 2.24) is 4.90 Å². The number of nitrogens with zero attached hydrogens (tertiary/aromatic N) is 1. The molecule has 70 valence electrons. The van der Waals surface area contributed by atoms with Gasteiger partial charge in [0.25, 0.3) is 0 Å². The van der Waals surface area contributed by atoms with E-state index in [4.69, 9.17) is 0 Å². The number of carbonyl (C=O) groups excluding carboxylic acids is 1. The number of carbonyl (C=O) groups is 1. The molecule has 2 heteroatoms. The summed E-state index contributed by atoms with van der Waals surface area (Å²) in [5.74, 6) is 0.936. The second-order valence-corrected chi connectivity index (χ2v) is 4.00. The molecule has 1 saturated carbocycles. The lowest BCUT2D eigenvalue weighted by molar-refractivity contribution is -0.136. The van der Waals surface area contributed by atoms with Crippen molar-refractivity contribution in [3.63, 3.8) is 0 Å². The van der Waals surface area contributed by atoms with Crippen LogP contribution in [0.3, 0.4) is 0 Å². The molecular weight excluding hydrogens is 150 g/mol. The maximum absolute atomic E-state index is 11.8. The Morgan fingerprint density at radius 2 is 1.92 bits per heavy atom. The Morgan fingerprint density at radius 1 is 1.50 bits per heavy atom. The summed E-state index contributed by atoms with van der Waals surface area (Å²) >= 11 is 0. The molecule has 1 aliphatic rings. The Morgan fingerprint density at radius 3 is 2.17 bits per heavy atom. The van der Waals surface area contributed by atoms with Crippen molar-refractivity contribution in [2.45, 2.75) is 34.1 Å². The number of hydrogen-bond donors (Lipinski definition) is 0. The van der Waals surface area contributed by atoms with Crippen molar-refractivity contribution < 1.29 is 4.79 Å². The van der Waals surface area contributed by atoms with Crippen molar-refractivity contribution in [3.05, 3.63) is 0 Å². The molecule has 0 heterocycles. The smallest absolute Gasteiger partial charge is 0.228 e. The number of rotatable bonds is 3. The van der Waals surface area contributed by atoms with Gasteiger partial charge in [-0.25, -0.2) is 0 Å². The van der Waals surface area contributed by atoms with Crippen molar-refractivity contribution in [2.75, 3.05) is 13.1 Å². The van der Waals surface area contributed by atoms with E-state index in [1.54, 1.807) is 0 Å². The predicted octanol–water partition coefficient (Wildman–Crippen LogP) is 1.90. The van der Waals surface area contributed by atoms with Crippen LogP contribution in [0.2, 0.25) is 0 Å². The summed E-state index contributed by atoms with van der Waals surface area (Å²) in [5, 5.41) is 0. The molecule has 0 unspecified atom stereocenters. The molecule has 0 aromatic rings. The first-order chi connectivity index (χ1) is 5.56. The summed E-state index contributed by atoms with van der Waals surface area (Å²) in [6, 6.07) is 0. The van der Waals surface area contributed by atoms with E-state index in [1.165, 1.54) is 0 Å². The van der Waals surface area contributed by atoms with Gasteiger partial charge in [-0.15, -0.1) is 0 Å². The summed E-state index contributed by atoms with van der Waals surface area (Å²) in [6.07, 6.45) is 1.07. The predicted molar refractivity (Wildman–Crippen MR) is 49.8 cm³/mol. The quantitative estimate of drug-likeness (QED) is 0.632. The zero-order valence-electron chi connectivity index (χ0n) is 8.55. The Hall–Kier alpha value is -0.530. The van der Waals surface area contributed by atoms with Crippen LogP contribution in [0.4, 0.5) is 0 Å². The van der Waals surface area contributed by atoms with E-state index in [9.17, 15) is 4.79 Å². The van der Waals surface area contributed by atoms with Gasteiger partial charge in [-0.05, 0) is 26.2 Å². The van der Waals surface area contributed by atoms with Gasteiger partial charge in [0.2, 0.25) is 5.91 Å². The normalized spacial score (nSPS) is 33.2. The average Bonchev–Trinajstić information content (AvgIpc) is 2.64. The third-order valence-corrected chi connectivity index (χ3v) is 3.20. The second kappa shape index (κ2) is 3.08.